The summed E-state index contributed by atoms with van der Waals surface area (Å²) in [7, 11) is 0. The minimum absolute atomic E-state index is 0.354. The average molecular weight is 461 g/mol. The fourth-order valence-electron chi connectivity index (χ4n) is 4.45. The highest BCUT2D eigenvalue weighted by Crippen LogP contribution is 2.36. The van der Waals surface area contributed by atoms with Crippen molar-refractivity contribution in [3.05, 3.63) is 35.5 Å². The smallest absolute Gasteiger partial charge is 0.237 e. The van der Waals surface area contributed by atoms with Gasteiger partial charge in [0.25, 0.3) is 0 Å². The van der Waals surface area contributed by atoms with Gasteiger partial charge in [0.15, 0.2) is 0 Å². The molecule has 0 spiro atoms. The highest BCUT2D eigenvalue weighted by Gasteiger charge is 2.31. The van der Waals surface area contributed by atoms with Crippen molar-refractivity contribution in [1.82, 2.24) is 9.97 Å². The predicted molar refractivity (Wildman–Crippen MR) is 127 cm³/mol. The predicted octanol–water partition coefficient (Wildman–Crippen LogP) is 4.67. The lowest BCUT2D eigenvalue weighted by molar-refractivity contribution is -0.00911. The lowest BCUT2D eigenvalue weighted by Crippen LogP contribution is -2.36. The monoisotopic (exact) mass is 460 g/mol. The summed E-state index contributed by atoms with van der Waals surface area (Å²) in [5, 5.41) is 13.9. The second-order valence-electron chi connectivity index (χ2n) is 9.30. The summed E-state index contributed by atoms with van der Waals surface area (Å²) in [5.41, 5.74) is 1.47. The molecule has 1 saturated heterocycles. The number of hydrogen-bond donors (Lipinski definition) is 2. The molecule has 0 bridgehead atoms. The molecule has 8 heteroatoms. The van der Waals surface area contributed by atoms with Crippen LogP contribution >= 0.6 is 11.6 Å². The van der Waals surface area contributed by atoms with Crippen molar-refractivity contribution in [3.8, 4) is 5.88 Å². The van der Waals surface area contributed by atoms with E-state index in [1.165, 1.54) is 5.69 Å². The normalized spacial score (nSPS) is 21.9. The highest BCUT2D eigenvalue weighted by atomic mass is 35.5. The van der Waals surface area contributed by atoms with Crippen molar-refractivity contribution in [3.63, 3.8) is 0 Å². The fourth-order valence-corrected chi connectivity index (χ4v) is 4.60. The molecule has 7 nitrogen and oxygen atoms in total. The van der Waals surface area contributed by atoms with Crippen molar-refractivity contribution in [1.29, 1.82) is 0 Å². The van der Waals surface area contributed by atoms with Crippen LogP contribution in [0.15, 0.2) is 30.5 Å². The molecule has 2 aliphatic rings. The van der Waals surface area contributed by atoms with Crippen molar-refractivity contribution in [2.24, 2.45) is 11.8 Å². The molecular formula is C24H33ClN4O3. The molecule has 174 valence electrons. The SMILES string of the molecule is CC(C)(O)C1CCC(COc2nc(Nc3ccc(N4CCOCC4)cc3)ncc2Cl)CC1. The van der Waals surface area contributed by atoms with E-state index in [1.54, 1.807) is 6.20 Å². The van der Waals surface area contributed by atoms with Gasteiger partial charge in [0.1, 0.15) is 5.02 Å². The number of rotatable bonds is 7. The number of benzene rings is 1. The van der Waals surface area contributed by atoms with Crippen molar-refractivity contribution >= 4 is 28.9 Å². The third-order valence-corrected chi connectivity index (χ3v) is 6.77. The number of aromatic nitrogens is 2. The first-order chi connectivity index (χ1) is 15.4. The van der Waals surface area contributed by atoms with E-state index in [-0.39, 0.29) is 0 Å². The summed E-state index contributed by atoms with van der Waals surface area (Å²) < 4.78 is 11.4. The van der Waals surface area contributed by atoms with E-state index >= 15 is 0 Å². The summed E-state index contributed by atoms with van der Waals surface area (Å²) in [6.07, 6.45) is 5.68. The molecule has 0 radical (unpaired) electrons. The Morgan fingerprint density at radius 3 is 2.50 bits per heavy atom. The van der Waals surface area contributed by atoms with E-state index in [0.717, 1.165) is 57.7 Å². The molecule has 2 heterocycles. The first kappa shape index (κ1) is 23.1. The summed E-state index contributed by atoms with van der Waals surface area (Å²) in [4.78, 5) is 11.1. The van der Waals surface area contributed by atoms with Gasteiger partial charge in [-0.25, -0.2) is 4.98 Å². The first-order valence-corrected chi connectivity index (χ1v) is 11.8. The molecule has 0 amide bonds. The number of anilines is 3. The van der Waals surface area contributed by atoms with Crippen LogP contribution in [0.25, 0.3) is 0 Å². The van der Waals surface area contributed by atoms with Crippen molar-refractivity contribution < 1.29 is 14.6 Å². The van der Waals surface area contributed by atoms with Gasteiger partial charge in [0.2, 0.25) is 11.8 Å². The van der Waals surface area contributed by atoms with Crippen LogP contribution < -0.4 is 15.0 Å². The number of nitrogens with one attached hydrogen (secondary N) is 1. The maximum absolute atomic E-state index is 10.2. The molecule has 1 aromatic heterocycles. The number of ether oxygens (including phenoxy) is 2. The van der Waals surface area contributed by atoms with Gasteiger partial charge in [0, 0.05) is 24.5 Å². The Kier molecular flexibility index (Phi) is 7.38. The number of nitrogens with zero attached hydrogens (tertiary/aromatic N) is 3. The van der Waals surface area contributed by atoms with Gasteiger partial charge in [-0.2, -0.15) is 4.98 Å². The zero-order valence-electron chi connectivity index (χ0n) is 18.9. The zero-order chi connectivity index (χ0) is 22.6. The third-order valence-electron chi connectivity index (χ3n) is 6.51. The first-order valence-electron chi connectivity index (χ1n) is 11.5. The largest absolute Gasteiger partial charge is 0.476 e. The van der Waals surface area contributed by atoms with Gasteiger partial charge in [0.05, 0.1) is 31.6 Å². The highest BCUT2D eigenvalue weighted by molar-refractivity contribution is 6.31. The second kappa shape index (κ2) is 10.2. The molecule has 2 N–H and O–H groups in total. The summed E-state index contributed by atoms with van der Waals surface area (Å²) >= 11 is 6.28. The molecular weight excluding hydrogens is 428 g/mol. The Bertz CT molecular complexity index is 874. The quantitative estimate of drug-likeness (QED) is 0.621. The van der Waals surface area contributed by atoms with E-state index in [0.29, 0.717) is 35.3 Å². The number of hydrogen-bond acceptors (Lipinski definition) is 7. The second-order valence-corrected chi connectivity index (χ2v) is 9.71. The molecule has 32 heavy (non-hydrogen) atoms. The van der Waals surface area contributed by atoms with Gasteiger partial charge in [-0.1, -0.05) is 11.6 Å². The lowest BCUT2D eigenvalue weighted by atomic mass is 9.75. The van der Waals surface area contributed by atoms with Crippen molar-refractivity contribution in [2.45, 2.75) is 45.1 Å². The standard InChI is InChI=1S/C24H33ClN4O3/c1-24(2,30)18-5-3-17(4-6-18)16-32-22-21(25)15-26-23(28-22)27-19-7-9-20(10-8-19)29-11-13-31-14-12-29/h7-10,15,17-18,30H,3-6,11-14,16H2,1-2H3,(H,26,27,28). The maximum atomic E-state index is 10.2. The molecule has 2 fully saturated rings. The van der Waals surface area contributed by atoms with E-state index in [1.807, 2.05) is 26.0 Å². The van der Waals surface area contributed by atoms with Crippen LogP contribution in [-0.2, 0) is 4.74 Å². The Morgan fingerprint density at radius 2 is 1.84 bits per heavy atom. The van der Waals surface area contributed by atoms with Crippen LogP contribution in [-0.4, -0.2) is 53.6 Å². The molecule has 4 rings (SSSR count). The molecule has 1 aliphatic heterocycles. The molecule has 1 saturated carbocycles. The molecule has 2 aromatic rings. The Labute approximate surface area is 195 Å². The fraction of sp³-hybridized carbons (Fsp3) is 0.583. The number of halogens is 1. The van der Waals surface area contributed by atoms with E-state index in [9.17, 15) is 5.11 Å². The van der Waals surface area contributed by atoms with Crippen molar-refractivity contribution in [2.75, 3.05) is 43.1 Å². The topological polar surface area (TPSA) is 79.7 Å². The van der Waals surface area contributed by atoms with Crippen LogP contribution in [0.5, 0.6) is 5.88 Å². The Morgan fingerprint density at radius 1 is 1.16 bits per heavy atom. The van der Waals surface area contributed by atoms with Gasteiger partial charge in [-0.15, -0.1) is 0 Å². The van der Waals surface area contributed by atoms with Crippen LogP contribution in [0.2, 0.25) is 5.02 Å². The number of morpholine rings is 1. The van der Waals surface area contributed by atoms with Gasteiger partial charge in [-0.05, 0) is 75.6 Å². The van der Waals surface area contributed by atoms with Gasteiger partial charge >= 0.3 is 0 Å². The Balaban J connectivity index is 1.32. The lowest BCUT2D eigenvalue weighted by Gasteiger charge is -2.35. The van der Waals surface area contributed by atoms with Gasteiger partial charge < -0.3 is 24.8 Å². The third kappa shape index (κ3) is 6.03. The summed E-state index contributed by atoms with van der Waals surface area (Å²) in [6.45, 7) is 7.73. The molecule has 1 aromatic carbocycles. The zero-order valence-corrected chi connectivity index (χ0v) is 19.6. The Hall–Kier alpha value is -2.09. The summed E-state index contributed by atoms with van der Waals surface area (Å²) in [6, 6.07) is 8.21. The molecule has 1 aliphatic carbocycles. The molecule has 0 atom stereocenters. The van der Waals surface area contributed by atoms with E-state index in [2.05, 4.69) is 32.3 Å². The van der Waals surface area contributed by atoms with Crippen LogP contribution in [0.4, 0.5) is 17.3 Å². The van der Waals surface area contributed by atoms with Crippen LogP contribution in [0.3, 0.4) is 0 Å². The number of aliphatic hydroxyl groups is 1. The van der Waals surface area contributed by atoms with Crippen LogP contribution in [0.1, 0.15) is 39.5 Å². The minimum atomic E-state index is -0.608. The average Bonchev–Trinajstić information content (AvgIpc) is 2.80. The van der Waals surface area contributed by atoms with Gasteiger partial charge in [-0.3, -0.25) is 0 Å². The van der Waals surface area contributed by atoms with Crippen LogP contribution in [0, 0.1) is 11.8 Å². The van der Waals surface area contributed by atoms with E-state index in [4.69, 9.17) is 21.1 Å². The van der Waals surface area contributed by atoms with E-state index < -0.39 is 5.60 Å². The molecule has 0 unspecified atom stereocenters. The maximum Gasteiger partial charge on any atom is 0.237 e. The summed E-state index contributed by atoms with van der Waals surface area (Å²) in [5.74, 6) is 1.66. The minimum Gasteiger partial charge on any atom is -0.476 e.